The van der Waals surface area contributed by atoms with Crippen molar-refractivity contribution in [3.8, 4) is 6.07 Å². The molecular formula is C21H24N4O3S. The lowest BCUT2D eigenvalue weighted by Crippen LogP contribution is -2.28. The van der Waals surface area contributed by atoms with Gasteiger partial charge in [0.15, 0.2) is 12.3 Å². The number of carbonyl (C=O) groups excluding carboxylic acids is 2. The maximum Gasteiger partial charge on any atom is 0.359 e. The summed E-state index contributed by atoms with van der Waals surface area (Å²) in [7, 11) is 0. The number of nitrogens with one attached hydrogen (secondary N) is 1. The van der Waals surface area contributed by atoms with Crippen LogP contribution in [-0.2, 0) is 22.4 Å². The predicted molar refractivity (Wildman–Crippen MR) is 110 cm³/mol. The molecule has 1 atom stereocenters. The van der Waals surface area contributed by atoms with Gasteiger partial charge >= 0.3 is 5.97 Å². The number of nitriles is 1. The lowest BCUT2D eigenvalue weighted by atomic mass is 9.69. The van der Waals surface area contributed by atoms with Crippen LogP contribution in [-0.4, -0.2) is 28.5 Å². The highest BCUT2D eigenvalue weighted by molar-refractivity contribution is 7.16. The van der Waals surface area contributed by atoms with Gasteiger partial charge in [-0.15, -0.1) is 11.3 Å². The first-order chi connectivity index (χ1) is 13.9. The number of nitrogens with zero attached hydrogens (tertiary/aromatic N) is 3. The van der Waals surface area contributed by atoms with E-state index >= 15 is 0 Å². The van der Waals surface area contributed by atoms with E-state index in [0.717, 1.165) is 31.2 Å². The van der Waals surface area contributed by atoms with E-state index in [9.17, 15) is 14.9 Å². The molecule has 0 bridgehead atoms. The fourth-order valence-electron chi connectivity index (χ4n) is 3.52. The Morgan fingerprint density at radius 2 is 2.21 bits per heavy atom. The highest BCUT2D eigenvalue weighted by Gasteiger charge is 2.34. The molecule has 0 radical (unpaired) electrons. The minimum absolute atomic E-state index is 0.0363. The zero-order valence-electron chi connectivity index (χ0n) is 16.8. The number of ether oxygens (including phenoxy) is 1. The molecule has 7 nitrogen and oxygen atoms in total. The maximum absolute atomic E-state index is 12.3. The number of thiophene rings is 1. The molecule has 0 fully saturated rings. The maximum atomic E-state index is 12.3. The van der Waals surface area contributed by atoms with Gasteiger partial charge in [0.1, 0.15) is 11.1 Å². The molecule has 0 saturated carbocycles. The summed E-state index contributed by atoms with van der Waals surface area (Å²) in [5.41, 5.74) is 1.86. The predicted octanol–water partition coefficient (Wildman–Crippen LogP) is 3.75. The second-order valence-corrected chi connectivity index (χ2v) is 8.92. The number of aromatic nitrogens is 2. The van der Waals surface area contributed by atoms with E-state index in [1.807, 2.05) is 0 Å². The van der Waals surface area contributed by atoms with Gasteiger partial charge in [0.05, 0.1) is 11.8 Å². The normalized spacial score (nSPS) is 15.9. The second-order valence-electron chi connectivity index (χ2n) is 7.82. The zero-order valence-corrected chi connectivity index (χ0v) is 17.6. The molecule has 29 heavy (non-hydrogen) atoms. The second kappa shape index (κ2) is 8.70. The van der Waals surface area contributed by atoms with E-state index in [0.29, 0.717) is 16.5 Å². The Labute approximate surface area is 174 Å². The van der Waals surface area contributed by atoms with Gasteiger partial charge in [-0.2, -0.15) is 5.26 Å². The van der Waals surface area contributed by atoms with E-state index in [4.69, 9.17) is 4.74 Å². The molecular weight excluding hydrogens is 388 g/mol. The molecule has 2 heterocycles. The summed E-state index contributed by atoms with van der Waals surface area (Å²) in [5, 5.41) is 12.9. The molecule has 1 N–H and O–H groups in total. The number of rotatable bonds is 6. The van der Waals surface area contributed by atoms with Crippen LogP contribution in [0, 0.1) is 22.7 Å². The minimum Gasteiger partial charge on any atom is -0.451 e. The van der Waals surface area contributed by atoms with E-state index < -0.39 is 18.5 Å². The fourth-order valence-corrected chi connectivity index (χ4v) is 4.81. The van der Waals surface area contributed by atoms with Crippen molar-refractivity contribution in [2.24, 2.45) is 11.3 Å². The number of fused-ring (bicyclic) bond motifs is 1. The van der Waals surface area contributed by atoms with Gasteiger partial charge in [0, 0.05) is 17.3 Å². The number of amides is 1. The van der Waals surface area contributed by atoms with Crippen molar-refractivity contribution in [1.82, 2.24) is 9.97 Å². The quantitative estimate of drug-likeness (QED) is 0.725. The van der Waals surface area contributed by atoms with Crippen LogP contribution in [0.1, 0.15) is 60.1 Å². The minimum atomic E-state index is -0.719. The van der Waals surface area contributed by atoms with Crippen molar-refractivity contribution in [2.75, 3.05) is 11.9 Å². The Balaban J connectivity index is 1.67. The number of esters is 1. The molecule has 1 amide bonds. The van der Waals surface area contributed by atoms with Crippen LogP contribution < -0.4 is 5.32 Å². The molecule has 0 aliphatic heterocycles. The van der Waals surface area contributed by atoms with Gasteiger partial charge in [-0.1, -0.05) is 27.2 Å². The van der Waals surface area contributed by atoms with E-state index in [1.54, 1.807) is 0 Å². The third-order valence-electron chi connectivity index (χ3n) is 5.75. The SMILES string of the molecule is CCC(C)(C)C1CCc2c(sc(NC(=O)COC(=O)c3cnccn3)c2C#N)C1. The van der Waals surface area contributed by atoms with Gasteiger partial charge in [0.2, 0.25) is 0 Å². The largest absolute Gasteiger partial charge is 0.451 e. The third kappa shape index (κ3) is 4.62. The summed E-state index contributed by atoms with van der Waals surface area (Å²) in [6.07, 6.45) is 8.01. The lowest BCUT2D eigenvalue weighted by Gasteiger charge is -2.36. The van der Waals surface area contributed by atoms with Crippen molar-refractivity contribution in [2.45, 2.75) is 46.5 Å². The standard InChI is InChI=1S/C21H24N4O3S/c1-4-21(2,3)13-5-6-14-15(10-22)19(29-17(14)9-13)25-18(26)12-28-20(27)16-11-23-7-8-24-16/h7-8,11,13H,4-6,9,12H2,1-3H3,(H,25,26). The number of carbonyl (C=O) groups is 2. The van der Waals surface area contributed by atoms with Crippen molar-refractivity contribution >= 4 is 28.2 Å². The summed E-state index contributed by atoms with van der Waals surface area (Å²) in [6.45, 7) is 6.33. The van der Waals surface area contributed by atoms with Crippen molar-refractivity contribution in [3.63, 3.8) is 0 Å². The van der Waals surface area contributed by atoms with Gasteiger partial charge in [0.25, 0.3) is 5.91 Å². The fraction of sp³-hybridized carbons (Fsp3) is 0.476. The summed E-state index contributed by atoms with van der Waals surface area (Å²) >= 11 is 1.46. The monoisotopic (exact) mass is 412 g/mol. The van der Waals surface area contributed by atoms with Crippen LogP contribution >= 0.6 is 11.3 Å². The van der Waals surface area contributed by atoms with Crippen LogP contribution in [0.4, 0.5) is 5.00 Å². The Bertz CT molecular complexity index is 947. The summed E-state index contributed by atoms with van der Waals surface area (Å²) in [6, 6.07) is 2.24. The number of hydrogen-bond acceptors (Lipinski definition) is 7. The molecule has 0 aromatic carbocycles. The van der Waals surface area contributed by atoms with Crippen LogP contribution in [0.25, 0.3) is 0 Å². The van der Waals surface area contributed by atoms with Crippen molar-refractivity contribution in [3.05, 3.63) is 40.3 Å². The third-order valence-corrected chi connectivity index (χ3v) is 6.92. The van der Waals surface area contributed by atoms with Crippen LogP contribution in [0.2, 0.25) is 0 Å². The Hall–Kier alpha value is -2.79. The van der Waals surface area contributed by atoms with Crippen LogP contribution in [0.5, 0.6) is 0 Å². The average Bonchev–Trinajstić information content (AvgIpc) is 3.08. The molecule has 1 aliphatic carbocycles. The summed E-state index contributed by atoms with van der Waals surface area (Å²) in [5.74, 6) is -0.645. The first-order valence-corrected chi connectivity index (χ1v) is 10.4. The Morgan fingerprint density at radius 3 is 2.86 bits per heavy atom. The first-order valence-electron chi connectivity index (χ1n) is 9.63. The van der Waals surface area contributed by atoms with Gasteiger partial charge < -0.3 is 10.1 Å². The summed E-state index contributed by atoms with van der Waals surface area (Å²) < 4.78 is 4.98. The lowest BCUT2D eigenvalue weighted by molar-refractivity contribution is -0.119. The molecule has 1 unspecified atom stereocenters. The average molecular weight is 413 g/mol. The molecule has 152 valence electrons. The summed E-state index contributed by atoms with van der Waals surface area (Å²) in [4.78, 5) is 33.0. The molecule has 3 rings (SSSR count). The van der Waals surface area contributed by atoms with Gasteiger partial charge in [-0.3, -0.25) is 9.78 Å². The number of anilines is 1. The van der Waals surface area contributed by atoms with Gasteiger partial charge in [-0.05, 0) is 36.2 Å². The number of hydrogen-bond donors (Lipinski definition) is 1. The first kappa shape index (κ1) is 20.9. The van der Waals surface area contributed by atoms with E-state index in [2.05, 4.69) is 42.1 Å². The van der Waals surface area contributed by atoms with Crippen molar-refractivity contribution < 1.29 is 14.3 Å². The van der Waals surface area contributed by atoms with Crippen LogP contribution in [0.15, 0.2) is 18.6 Å². The van der Waals surface area contributed by atoms with Crippen molar-refractivity contribution in [1.29, 1.82) is 5.26 Å². The zero-order chi connectivity index (χ0) is 21.0. The molecule has 2 aromatic heterocycles. The molecule has 0 saturated heterocycles. The topological polar surface area (TPSA) is 105 Å². The Kier molecular flexibility index (Phi) is 6.28. The van der Waals surface area contributed by atoms with E-state index in [1.165, 1.54) is 34.8 Å². The molecule has 1 aliphatic rings. The Morgan fingerprint density at radius 1 is 1.41 bits per heavy atom. The molecule has 2 aromatic rings. The van der Waals surface area contributed by atoms with E-state index in [-0.39, 0.29) is 11.1 Å². The van der Waals surface area contributed by atoms with Gasteiger partial charge in [-0.25, -0.2) is 9.78 Å². The smallest absolute Gasteiger partial charge is 0.359 e. The molecule has 0 spiro atoms. The highest BCUT2D eigenvalue weighted by Crippen LogP contribution is 2.45. The highest BCUT2D eigenvalue weighted by atomic mass is 32.1. The molecule has 8 heteroatoms. The van der Waals surface area contributed by atoms with Crippen LogP contribution in [0.3, 0.4) is 0 Å².